The van der Waals surface area contributed by atoms with E-state index >= 15 is 0 Å². The first kappa shape index (κ1) is 13.9. The van der Waals surface area contributed by atoms with Gasteiger partial charge in [-0.15, -0.1) is 0 Å². The van der Waals surface area contributed by atoms with Gasteiger partial charge in [-0.1, -0.05) is 20.3 Å². The van der Waals surface area contributed by atoms with Crippen molar-refractivity contribution in [1.29, 1.82) is 0 Å². The van der Waals surface area contributed by atoms with Crippen molar-refractivity contribution in [1.82, 2.24) is 0 Å². The van der Waals surface area contributed by atoms with Crippen LogP contribution in [0.25, 0.3) is 0 Å². The molecule has 0 bridgehead atoms. The zero-order chi connectivity index (χ0) is 12.1. The van der Waals surface area contributed by atoms with Gasteiger partial charge in [0.15, 0.2) is 0 Å². The molecule has 0 aliphatic heterocycles. The van der Waals surface area contributed by atoms with Crippen LogP contribution < -0.4 is 0 Å². The zero-order valence-corrected chi connectivity index (χ0v) is 10.1. The highest BCUT2D eigenvalue weighted by molar-refractivity contribution is 5.82. The van der Waals surface area contributed by atoms with Crippen molar-refractivity contribution in [3.05, 3.63) is 0 Å². The van der Waals surface area contributed by atoms with Crippen molar-refractivity contribution in [2.45, 2.75) is 53.1 Å². The number of ether oxygens (including phenoxy) is 2. The summed E-state index contributed by atoms with van der Waals surface area (Å²) in [5.41, 5.74) is -0.631. The molecule has 0 aromatic rings. The Kier molecular flexibility index (Phi) is 5.33. The first-order valence-corrected chi connectivity index (χ1v) is 5.18. The van der Waals surface area contributed by atoms with Gasteiger partial charge in [-0.2, -0.15) is 0 Å². The van der Waals surface area contributed by atoms with Crippen molar-refractivity contribution in [2.24, 2.45) is 5.92 Å². The minimum atomic E-state index is -0.921. The van der Waals surface area contributed by atoms with Crippen LogP contribution in [-0.2, 0) is 14.3 Å². The van der Waals surface area contributed by atoms with Crippen LogP contribution in [0.2, 0.25) is 0 Å². The average Bonchev–Trinajstić information content (AvgIpc) is 1.99. The Labute approximate surface area is 90.9 Å². The first-order chi connectivity index (χ1) is 6.74. The minimum absolute atomic E-state index is 0.222. The smallest absolute Gasteiger partial charge is 0.428 e. The molecular weight excluding hydrogens is 196 g/mol. The van der Waals surface area contributed by atoms with E-state index in [1.54, 1.807) is 20.8 Å². The summed E-state index contributed by atoms with van der Waals surface area (Å²) >= 11 is 0. The maximum absolute atomic E-state index is 11.2. The average molecular weight is 216 g/mol. The van der Waals surface area contributed by atoms with E-state index in [9.17, 15) is 9.59 Å². The normalized spacial score (nSPS) is 13.1. The molecule has 1 unspecified atom stereocenters. The van der Waals surface area contributed by atoms with E-state index in [4.69, 9.17) is 4.74 Å². The van der Waals surface area contributed by atoms with E-state index < -0.39 is 17.7 Å². The lowest BCUT2D eigenvalue weighted by Gasteiger charge is -2.18. The Morgan fingerprint density at radius 2 is 1.80 bits per heavy atom. The molecule has 0 heterocycles. The summed E-state index contributed by atoms with van der Waals surface area (Å²) in [6.45, 7) is 9.05. The largest absolute Gasteiger partial charge is 0.516 e. The highest BCUT2D eigenvalue weighted by atomic mass is 16.7. The van der Waals surface area contributed by atoms with Gasteiger partial charge in [-0.25, -0.2) is 4.79 Å². The predicted molar refractivity (Wildman–Crippen MR) is 56.4 cm³/mol. The van der Waals surface area contributed by atoms with Gasteiger partial charge in [0, 0.05) is 6.42 Å². The molecular formula is C11H20O4. The standard InChI is InChI=1S/C11H20O4/c1-6-8(2)7-9(12)14-10(13)15-11(3,4)5/h8H,6-7H2,1-5H3. The molecule has 0 radical (unpaired) electrons. The third kappa shape index (κ3) is 7.97. The fourth-order valence-electron chi connectivity index (χ4n) is 0.834. The van der Waals surface area contributed by atoms with Crippen molar-refractivity contribution < 1.29 is 19.1 Å². The van der Waals surface area contributed by atoms with Crippen LogP contribution in [0.3, 0.4) is 0 Å². The number of esters is 1. The third-order valence-electron chi connectivity index (χ3n) is 1.80. The van der Waals surface area contributed by atoms with Crippen LogP contribution >= 0.6 is 0 Å². The van der Waals surface area contributed by atoms with Crippen molar-refractivity contribution >= 4 is 12.1 Å². The van der Waals surface area contributed by atoms with E-state index in [0.29, 0.717) is 0 Å². The van der Waals surface area contributed by atoms with Gasteiger partial charge < -0.3 is 9.47 Å². The van der Waals surface area contributed by atoms with E-state index in [0.717, 1.165) is 6.42 Å². The molecule has 4 heteroatoms. The lowest BCUT2D eigenvalue weighted by Crippen LogP contribution is -2.26. The van der Waals surface area contributed by atoms with Gasteiger partial charge in [0.25, 0.3) is 0 Å². The van der Waals surface area contributed by atoms with Gasteiger partial charge in [0.05, 0.1) is 0 Å². The van der Waals surface area contributed by atoms with E-state index in [-0.39, 0.29) is 12.3 Å². The molecule has 4 nitrogen and oxygen atoms in total. The second-order valence-electron chi connectivity index (χ2n) is 4.66. The zero-order valence-electron chi connectivity index (χ0n) is 10.1. The first-order valence-electron chi connectivity index (χ1n) is 5.18. The molecule has 0 rings (SSSR count). The SMILES string of the molecule is CCC(C)CC(=O)OC(=O)OC(C)(C)C. The number of hydrogen-bond acceptors (Lipinski definition) is 4. The molecule has 0 saturated carbocycles. The second-order valence-corrected chi connectivity index (χ2v) is 4.66. The Morgan fingerprint density at radius 1 is 1.27 bits per heavy atom. The van der Waals surface area contributed by atoms with Crippen LogP contribution in [0, 0.1) is 5.92 Å². The summed E-state index contributed by atoms with van der Waals surface area (Å²) in [6.07, 6.45) is 0.204. The molecule has 0 N–H and O–H groups in total. The third-order valence-corrected chi connectivity index (χ3v) is 1.80. The summed E-state index contributed by atoms with van der Waals surface area (Å²) in [4.78, 5) is 22.3. The lowest BCUT2D eigenvalue weighted by molar-refractivity contribution is -0.142. The molecule has 0 spiro atoms. The Balaban J connectivity index is 3.92. The van der Waals surface area contributed by atoms with Crippen molar-refractivity contribution in [3.63, 3.8) is 0 Å². The molecule has 1 atom stereocenters. The molecule has 0 fully saturated rings. The topological polar surface area (TPSA) is 52.6 Å². The Bertz CT molecular complexity index is 227. The van der Waals surface area contributed by atoms with Crippen molar-refractivity contribution in [3.8, 4) is 0 Å². The maximum atomic E-state index is 11.2. The fraction of sp³-hybridized carbons (Fsp3) is 0.818. The summed E-state index contributed by atoms with van der Waals surface area (Å²) in [7, 11) is 0. The van der Waals surface area contributed by atoms with Gasteiger partial charge in [0.2, 0.25) is 0 Å². The van der Waals surface area contributed by atoms with E-state index in [1.807, 2.05) is 13.8 Å². The molecule has 0 amide bonds. The molecule has 0 aliphatic rings. The maximum Gasteiger partial charge on any atom is 0.516 e. The highest BCUT2D eigenvalue weighted by Crippen LogP contribution is 2.11. The molecule has 0 aliphatic carbocycles. The van der Waals surface area contributed by atoms with Crippen LogP contribution in [0.5, 0.6) is 0 Å². The number of carbonyl (C=O) groups excluding carboxylic acids is 2. The summed E-state index contributed by atoms with van der Waals surface area (Å²) in [5.74, 6) is -0.307. The van der Waals surface area contributed by atoms with Gasteiger partial charge >= 0.3 is 12.1 Å². The molecule has 15 heavy (non-hydrogen) atoms. The molecule has 88 valence electrons. The van der Waals surface area contributed by atoms with Crippen LogP contribution in [0.1, 0.15) is 47.5 Å². The monoisotopic (exact) mass is 216 g/mol. The van der Waals surface area contributed by atoms with Crippen LogP contribution in [0.4, 0.5) is 4.79 Å². The minimum Gasteiger partial charge on any atom is -0.428 e. The Morgan fingerprint density at radius 3 is 2.20 bits per heavy atom. The number of rotatable bonds is 3. The quantitative estimate of drug-likeness (QED) is 0.537. The lowest BCUT2D eigenvalue weighted by atomic mass is 10.1. The molecule has 0 saturated heterocycles. The van der Waals surface area contributed by atoms with Crippen LogP contribution in [0.15, 0.2) is 0 Å². The van der Waals surface area contributed by atoms with Crippen LogP contribution in [-0.4, -0.2) is 17.7 Å². The predicted octanol–water partition coefficient (Wildman–Crippen LogP) is 2.90. The second kappa shape index (κ2) is 5.73. The van der Waals surface area contributed by atoms with E-state index in [1.165, 1.54) is 0 Å². The van der Waals surface area contributed by atoms with Crippen molar-refractivity contribution in [2.75, 3.05) is 0 Å². The van der Waals surface area contributed by atoms with Gasteiger partial charge in [-0.3, -0.25) is 4.79 Å². The Hall–Kier alpha value is -1.06. The molecule has 0 aromatic carbocycles. The number of carbonyl (C=O) groups is 2. The summed E-state index contributed by atoms with van der Waals surface area (Å²) in [5, 5.41) is 0. The summed E-state index contributed by atoms with van der Waals surface area (Å²) < 4.78 is 9.34. The van der Waals surface area contributed by atoms with Gasteiger partial charge in [-0.05, 0) is 26.7 Å². The number of hydrogen-bond donors (Lipinski definition) is 0. The van der Waals surface area contributed by atoms with Gasteiger partial charge in [0.1, 0.15) is 5.60 Å². The highest BCUT2D eigenvalue weighted by Gasteiger charge is 2.20. The van der Waals surface area contributed by atoms with E-state index in [2.05, 4.69) is 4.74 Å². The fourth-order valence-corrected chi connectivity index (χ4v) is 0.834. The summed E-state index contributed by atoms with van der Waals surface area (Å²) in [6, 6.07) is 0. The molecule has 0 aromatic heterocycles.